The van der Waals surface area contributed by atoms with Gasteiger partial charge in [0.15, 0.2) is 6.79 Å². The van der Waals surface area contributed by atoms with E-state index in [1.807, 2.05) is 0 Å². The largest absolute Gasteiger partial charge is 0.465 e. The van der Waals surface area contributed by atoms with Crippen LogP contribution in [0.5, 0.6) is 5.75 Å². The van der Waals surface area contributed by atoms with E-state index in [1.165, 1.54) is 13.2 Å². The number of esters is 1. The smallest absolute Gasteiger partial charge is 0.330 e. The monoisotopic (exact) mass is 237 g/mol. The normalized spacial score (nSPS) is 10.5. The third-order valence-corrected chi connectivity index (χ3v) is 1.83. The van der Waals surface area contributed by atoms with Gasteiger partial charge in [0.1, 0.15) is 5.75 Å². The summed E-state index contributed by atoms with van der Waals surface area (Å²) in [6, 6.07) is 1.74. The molecule has 5 heteroatoms. The highest BCUT2D eigenvalue weighted by atomic mass is 16.7. The second kappa shape index (κ2) is 7.40. The van der Waals surface area contributed by atoms with E-state index in [0.29, 0.717) is 12.4 Å². The van der Waals surface area contributed by atoms with Crippen molar-refractivity contribution < 1.29 is 19.0 Å². The zero-order valence-electron chi connectivity index (χ0n) is 9.88. The van der Waals surface area contributed by atoms with Crippen molar-refractivity contribution in [1.82, 2.24) is 4.98 Å². The maximum atomic E-state index is 11.2. The van der Waals surface area contributed by atoms with Crippen LogP contribution in [-0.2, 0) is 14.3 Å². The Morgan fingerprint density at radius 1 is 1.53 bits per heavy atom. The highest BCUT2D eigenvalue weighted by Gasteiger charge is 2.01. The zero-order valence-corrected chi connectivity index (χ0v) is 9.88. The molecule has 0 radical (unpaired) electrons. The number of methoxy groups -OCH3 is 1. The SMILES string of the molecule is CCOC(=O)/C=C/c1ccncc1OCOC. The van der Waals surface area contributed by atoms with Gasteiger partial charge in [-0.3, -0.25) is 4.98 Å². The van der Waals surface area contributed by atoms with Gasteiger partial charge in [-0.1, -0.05) is 0 Å². The van der Waals surface area contributed by atoms with Crippen LogP contribution < -0.4 is 4.74 Å². The summed E-state index contributed by atoms with van der Waals surface area (Å²) in [5.41, 5.74) is 0.741. The molecule has 0 N–H and O–H groups in total. The molecule has 92 valence electrons. The Bertz CT molecular complexity index is 390. The summed E-state index contributed by atoms with van der Waals surface area (Å²) in [6.45, 7) is 2.24. The van der Waals surface area contributed by atoms with E-state index in [4.69, 9.17) is 14.2 Å². The first-order valence-corrected chi connectivity index (χ1v) is 5.18. The lowest BCUT2D eigenvalue weighted by Gasteiger charge is -2.06. The minimum Gasteiger partial charge on any atom is -0.465 e. The Hall–Kier alpha value is -1.88. The van der Waals surface area contributed by atoms with E-state index in [-0.39, 0.29) is 12.8 Å². The molecular formula is C12H15NO4. The first kappa shape index (κ1) is 13.2. The number of aromatic nitrogens is 1. The van der Waals surface area contributed by atoms with Crippen LogP contribution in [0.3, 0.4) is 0 Å². The molecule has 0 saturated heterocycles. The van der Waals surface area contributed by atoms with Crippen molar-refractivity contribution in [3.63, 3.8) is 0 Å². The summed E-state index contributed by atoms with van der Waals surface area (Å²) in [5.74, 6) is 0.164. The summed E-state index contributed by atoms with van der Waals surface area (Å²) in [4.78, 5) is 15.1. The molecule has 0 aromatic carbocycles. The van der Waals surface area contributed by atoms with Gasteiger partial charge in [0.05, 0.1) is 12.8 Å². The van der Waals surface area contributed by atoms with Crippen molar-refractivity contribution in [2.24, 2.45) is 0 Å². The lowest BCUT2D eigenvalue weighted by Crippen LogP contribution is -2.01. The predicted molar refractivity (Wildman–Crippen MR) is 62.4 cm³/mol. The van der Waals surface area contributed by atoms with E-state index in [2.05, 4.69) is 4.98 Å². The summed E-state index contributed by atoms with van der Waals surface area (Å²) in [7, 11) is 1.53. The van der Waals surface area contributed by atoms with Crippen LogP contribution in [0, 0.1) is 0 Å². The molecule has 0 bridgehead atoms. The fraction of sp³-hybridized carbons (Fsp3) is 0.333. The van der Waals surface area contributed by atoms with Crippen LogP contribution in [-0.4, -0.2) is 31.5 Å². The first-order chi connectivity index (χ1) is 8.27. The summed E-state index contributed by atoms with van der Waals surface area (Å²) in [5, 5.41) is 0. The van der Waals surface area contributed by atoms with Crippen molar-refractivity contribution in [2.75, 3.05) is 20.5 Å². The average Bonchev–Trinajstić information content (AvgIpc) is 2.35. The minimum absolute atomic E-state index is 0.131. The molecule has 0 unspecified atom stereocenters. The van der Waals surface area contributed by atoms with Crippen LogP contribution in [0.1, 0.15) is 12.5 Å². The lowest BCUT2D eigenvalue weighted by molar-refractivity contribution is -0.137. The molecule has 17 heavy (non-hydrogen) atoms. The van der Waals surface area contributed by atoms with Crippen molar-refractivity contribution in [3.05, 3.63) is 30.1 Å². The van der Waals surface area contributed by atoms with Crippen LogP contribution in [0.2, 0.25) is 0 Å². The molecule has 0 amide bonds. The second-order valence-electron chi connectivity index (χ2n) is 3.05. The number of carbonyl (C=O) groups is 1. The Morgan fingerprint density at radius 2 is 2.35 bits per heavy atom. The van der Waals surface area contributed by atoms with Crippen molar-refractivity contribution >= 4 is 12.0 Å². The number of nitrogens with zero attached hydrogens (tertiary/aromatic N) is 1. The highest BCUT2D eigenvalue weighted by Crippen LogP contribution is 2.17. The fourth-order valence-electron chi connectivity index (χ4n) is 1.12. The van der Waals surface area contributed by atoms with Gasteiger partial charge < -0.3 is 14.2 Å². The van der Waals surface area contributed by atoms with E-state index >= 15 is 0 Å². The molecule has 1 rings (SSSR count). The van der Waals surface area contributed by atoms with Crippen molar-refractivity contribution in [3.8, 4) is 5.75 Å². The Kier molecular flexibility index (Phi) is 5.74. The van der Waals surface area contributed by atoms with Crippen LogP contribution in [0.15, 0.2) is 24.5 Å². The quantitative estimate of drug-likeness (QED) is 0.427. The molecule has 0 fully saturated rings. The summed E-state index contributed by atoms with van der Waals surface area (Å²) in [6.07, 6.45) is 6.14. The van der Waals surface area contributed by atoms with Crippen molar-refractivity contribution in [1.29, 1.82) is 0 Å². The molecule has 1 aromatic heterocycles. The Morgan fingerprint density at radius 3 is 3.06 bits per heavy atom. The van der Waals surface area contributed by atoms with Crippen LogP contribution >= 0.6 is 0 Å². The zero-order chi connectivity index (χ0) is 12.5. The molecule has 1 heterocycles. The van der Waals surface area contributed by atoms with Gasteiger partial charge in [0.2, 0.25) is 0 Å². The van der Waals surface area contributed by atoms with Crippen molar-refractivity contribution in [2.45, 2.75) is 6.92 Å². The minimum atomic E-state index is -0.387. The van der Waals surface area contributed by atoms with Crippen LogP contribution in [0.25, 0.3) is 6.08 Å². The Labute approximate surface area is 100 Å². The number of rotatable bonds is 6. The topological polar surface area (TPSA) is 57.7 Å². The standard InChI is InChI=1S/C12H15NO4/c1-3-16-12(14)5-4-10-6-7-13-8-11(10)17-9-15-2/h4-8H,3,9H2,1-2H3/b5-4+. The lowest BCUT2D eigenvalue weighted by atomic mass is 10.2. The van der Waals surface area contributed by atoms with Gasteiger partial charge in [-0.15, -0.1) is 0 Å². The van der Waals surface area contributed by atoms with Gasteiger partial charge in [-0.2, -0.15) is 0 Å². The van der Waals surface area contributed by atoms with Gasteiger partial charge in [-0.25, -0.2) is 4.79 Å². The molecule has 0 aliphatic rings. The molecule has 0 aliphatic heterocycles. The first-order valence-electron chi connectivity index (χ1n) is 5.18. The van der Waals surface area contributed by atoms with Gasteiger partial charge in [-0.05, 0) is 19.1 Å². The maximum absolute atomic E-state index is 11.2. The molecule has 0 saturated carbocycles. The van der Waals surface area contributed by atoms with E-state index < -0.39 is 0 Å². The fourth-order valence-corrected chi connectivity index (χ4v) is 1.12. The molecule has 1 aromatic rings. The molecule has 0 spiro atoms. The number of pyridine rings is 1. The summed E-state index contributed by atoms with van der Waals surface area (Å²) < 4.78 is 14.9. The maximum Gasteiger partial charge on any atom is 0.330 e. The van der Waals surface area contributed by atoms with Gasteiger partial charge in [0, 0.05) is 24.9 Å². The molecule has 0 aliphatic carbocycles. The van der Waals surface area contributed by atoms with Gasteiger partial charge >= 0.3 is 5.97 Å². The van der Waals surface area contributed by atoms with E-state index in [0.717, 1.165) is 5.56 Å². The number of hydrogen-bond donors (Lipinski definition) is 0. The molecule has 5 nitrogen and oxygen atoms in total. The third kappa shape index (κ3) is 4.65. The summed E-state index contributed by atoms with van der Waals surface area (Å²) >= 11 is 0. The van der Waals surface area contributed by atoms with E-state index in [1.54, 1.807) is 31.5 Å². The molecule has 0 atom stereocenters. The number of hydrogen-bond acceptors (Lipinski definition) is 5. The predicted octanol–water partition coefficient (Wildman–Crippen LogP) is 1.64. The second-order valence-corrected chi connectivity index (χ2v) is 3.05. The van der Waals surface area contributed by atoms with E-state index in [9.17, 15) is 4.79 Å². The van der Waals surface area contributed by atoms with Gasteiger partial charge in [0.25, 0.3) is 0 Å². The Balaban J connectivity index is 2.72. The number of ether oxygens (including phenoxy) is 3. The molecular weight excluding hydrogens is 222 g/mol. The number of carbonyl (C=O) groups excluding carboxylic acids is 1. The average molecular weight is 237 g/mol. The van der Waals surface area contributed by atoms with Crippen LogP contribution in [0.4, 0.5) is 0 Å². The highest BCUT2D eigenvalue weighted by molar-refractivity contribution is 5.87. The third-order valence-electron chi connectivity index (χ3n) is 1.83.